The summed E-state index contributed by atoms with van der Waals surface area (Å²) >= 11 is 5.13. The Kier molecular flexibility index (Phi) is 6.14. The van der Waals surface area contributed by atoms with Crippen molar-refractivity contribution in [3.63, 3.8) is 0 Å². The van der Waals surface area contributed by atoms with E-state index < -0.39 is 0 Å². The fourth-order valence-corrected chi connectivity index (χ4v) is 1.35. The second-order valence-corrected chi connectivity index (χ2v) is 4.13. The number of thiocarbonyl (C=S) groups is 1. The van der Waals surface area contributed by atoms with Crippen molar-refractivity contribution in [3.8, 4) is 5.75 Å². The molecule has 0 radical (unpaired) electrons. The van der Waals surface area contributed by atoms with E-state index in [1.165, 1.54) is 0 Å². The molecule has 5 heteroatoms. The second kappa shape index (κ2) is 7.66. The predicted octanol–water partition coefficient (Wildman–Crippen LogP) is 3.16. The fraction of sp³-hybridized carbons (Fsp3) is 0.385. The molecule has 2 N–H and O–H groups in total. The predicted molar refractivity (Wildman–Crippen MR) is 80.4 cm³/mol. The average Bonchev–Trinajstić information content (AvgIpc) is 2.38. The van der Waals surface area contributed by atoms with Gasteiger partial charge in [-0.05, 0) is 56.8 Å². The molecule has 0 aliphatic rings. The van der Waals surface area contributed by atoms with Crippen LogP contribution < -0.4 is 15.5 Å². The summed E-state index contributed by atoms with van der Waals surface area (Å²) in [6, 6.07) is 7.62. The first kappa shape index (κ1) is 14.4. The standard InChI is InChI=1S/C13H19N3OS/c1-4-10(3)15-16-13(18)14-11-6-8-12(9-7-11)17-5-2/h6-9H,4-5H2,1-3H3,(H2,14,16,18)/b15-10-. The smallest absolute Gasteiger partial charge is 0.191 e. The van der Waals surface area contributed by atoms with Crippen LogP contribution in [0.25, 0.3) is 0 Å². The third kappa shape index (κ3) is 5.14. The lowest BCUT2D eigenvalue weighted by Gasteiger charge is -2.08. The van der Waals surface area contributed by atoms with Gasteiger partial charge in [0.05, 0.1) is 6.61 Å². The zero-order chi connectivity index (χ0) is 13.4. The van der Waals surface area contributed by atoms with E-state index in [1.807, 2.05) is 45.0 Å². The first-order chi connectivity index (χ1) is 8.65. The van der Waals surface area contributed by atoms with E-state index in [0.717, 1.165) is 23.6 Å². The molecule has 0 saturated heterocycles. The van der Waals surface area contributed by atoms with Crippen LogP contribution >= 0.6 is 12.2 Å². The molecular formula is C13H19N3OS. The van der Waals surface area contributed by atoms with Crippen LogP contribution in [0.2, 0.25) is 0 Å². The molecule has 1 aromatic carbocycles. The summed E-state index contributed by atoms with van der Waals surface area (Å²) in [6.45, 7) is 6.62. The van der Waals surface area contributed by atoms with Gasteiger partial charge in [0, 0.05) is 11.4 Å². The van der Waals surface area contributed by atoms with Crippen LogP contribution in [0.1, 0.15) is 27.2 Å². The van der Waals surface area contributed by atoms with Gasteiger partial charge in [0.1, 0.15) is 5.75 Å². The van der Waals surface area contributed by atoms with Crippen molar-refractivity contribution in [1.29, 1.82) is 0 Å². The lowest BCUT2D eigenvalue weighted by molar-refractivity contribution is 0.340. The summed E-state index contributed by atoms with van der Waals surface area (Å²) in [5.74, 6) is 0.849. The highest BCUT2D eigenvalue weighted by atomic mass is 32.1. The molecule has 0 spiro atoms. The lowest BCUT2D eigenvalue weighted by atomic mass is 10.3. The van der Waals surface area contributed by atoms with Gasteiger partial charge in [0.25, 0.3) is 0 Å². The molecule has 4 nitrogen and oxygen atoms in total. The Morgan fingerprint density at radius 2 is 1.94 bits per heavy atom. The largest absolute Gasteiger partial charge is 0.494 e. The van der Waals surface area contributed by atoms with Crippen LogP contribution in [-0.2, 0) is 0 Å². The summed E-state index contributed by atoms with van der Waals surface area (Å²) in [4.78, 5) is 0. The zero-order valence-corrected chi connectivity index (χ0v) is 11.8. The number of ether oxygens (including phenoxy) is 1. The molecule has 0 atom stereocenters. The van der Waals surface area contributed by atoms with Crippen LogP contribution in [0.4, 0.5) is 5.69 Å². The molecule has 0 heterocycles. The third-order valence-corrected chi connectivity index (χ3v) is 2.48. The van der Waals surface area contributed by atoms with Crippen molar-refractivity contribution in [2.24, 2.45) is 5.10 Å². The van der Waals surface area contributed by atoms with Crippen molar-refractivity contribution >= 4 is 28.7 Å². The molecule has 0 bridgehead atoms. The first-order valence-corrected chi connectivity index (χ1v) is 6.39. The minimum atomic E-state index is 0.479. The van der Waals surface area contributed by atoms with Crippen LogP contribution in [0.5, 0.6) is 5.75 Å². The van der Waals surface area contributed by atoms with Crippen molar-refractivity contribution in [1.82, 2.24) is 5.43 Å². The number of nitrogens with one attached hydrogen (secondary N) is 2. The van der Waals surface area contributed by atoms with Crippen molar-refractivity contribution in [2.75, 3.05) is 11.9 Å². The number of hydrogen-bond acceptors (Lipinski definition) is 3. The summed E-state index contributed by atoms with van der Waals surface area (Å²) in [5, 5.41) is 7.65. The van der Waals surface area contributed by atoms with E-state index in [1.54, 1.807) is 0 Å². The second-order valence-electron chi connectivity index (χ2n) is 3.72. The topological polar surface area (TPSA) is 45.6 Å². The number of rotatable bonds is 5. The maximum absolute atomic E-state index is 5.36. The Balaban J connectivity index is 2.49. The van der Waals surface area contributed by atoms with E-state index in [9.17, 15) is 0 Å². The molecule has 0 fully saturated rings. The zero-order valence-electron chi connectivity index (χ0n) is 11.0. The Morgan fingerprint density at radius 3 is 2.50 bits per heavy atom. The quantitative estimate of drug-likeness (QED) is 0.488. The van der Waals surface area contributed by atoms with E-state index in [2.05, 4.69) is 15.8 Å². The SMILES string of the molecule is CCOc1ccc(NC(=S)N/N=C(/C)CC)cc1. The molecule has 0 aromatic heterocycles. The Bertz CT molecular complexity index is 415. The number of benzene rings is 1. The molecule has 18 heavy (non-hydrogen) atoms. The Morgan fingerprint density at radius 1 is 1.28 bits per heavy atom. The van der Waals surface area contributed by atoms with E-state index in [0.29, 0.717) is 11.7 Å². The van der Waals surface area contributed by atoms with E-state index >= 15 is 0 Å². The van der Waals surface area contributed by atoms with Gasteiger partial charge in [-0.3, -0.25) is 5.43 Å². The summed E-state index contributed by atoms with van der Waals surface area (Å²) in [5.41, 5.74) is 4.71. The van der Waals surface area contributed by atoms with Gasteiger partial charge < -0.3 is 10.1 Å². The van der Waals surface area contributed by atoms with Gasteiger partial charge in [-0.15, -0.1) is 0 Å². The highest BCUT2D eigenvalue weighted by Crippen LogP contribution is 2.15. The van der Waals surface area contributed by atoms with Crippen molar-refractivity contribution < 1.29 is 4.74 Å². The highest BCUT2D eigenvalue weighted by molar-refractivity contribution is 7.80. The molecule has 0 aliphatic heterocycles. The molecule has 98 valence electrons. The normalized spacial score (nSPS) is 10.9. The molecule has 0 unspecified atom stereocenters. The van der Waals surface area contributed by atoms with Gasteiger partial charge >= 0.3 is 0 Å². The number of hydrogen-bond donors (Lipinski definition) is 2. The third-order valence-electron chi connectivity index (χ3n) is 2.28. The Hall–Kier alpha value is -1.62. The van der Waals surface area contributed by atoms with E-state index in [4.69, 9.17) is 17.0 Å². The van der Waals surface area contributed by atoms with Crippen LogP contribution in [-0.4, -0.2) is 17.4 Å². The van der Waals surface area contributed by atoms with Crippen LogP contribution in [0.15, 0.2) is 29.4 Å². The van der Waals surface area contributed by atoms with E-state index in [-0.39, 0.29) is 0 Å². The van der Waals surface area contributed by atoms with Gasteiger partial charge in [-0.25, -0.2) is 0 Å². The molecule has 0 aliphatic carbocycles. The minimum absolute atomic E-state index is 0.479. The number of nitrogens with zero attached hydrogens (tertiary/aromatic N) is 1. The van der Waals surface area contributed by atoms with Gasteiger partial charge in [0.2, 0.25) is 0 Å². The molecule has 0 amide bonds. The van der Waals surface area contributed by atoms with Gasteiger partial charge in [0.15, 0.2) is 5.11 Å². The van der Waals surface area contributed by atoms with Crippen LogP contribution in [0.3, 0.4) is 0 Å². The lowest BCUT2D eigenvalue weighted by Crippen LogP contribution is -2.24. The molecule has 0 saturated carbocycles. The monoisotopic (exact) mass is 265 g/mol. The summed E-state index contributed by atoms with van der Waals surface area (Å²) < 4.78 is 5.36. The summed E-state index contributed by atoms with van der Waals surface area (Å²) in [6.07, 6.45) is 0.901. The summed E-state index contributed by atoms with van der Waals surface area (Å²) in [7, 11) is 0. The van der Waals surface area contributed by atoms with Crippen molar-refractivity contribution in [3.05, 3.63) is 24.3 Å². The van der Waals surface area contributed by atoms with Gasteiger partial charge in [-0.2, -0.15) is 5.10 Å². The first-order valence-electron chi connectivity index (χ1n) is 5.98. The molecule has 1 aromatic rings. The Labute approximate surface area is 113 Å². The molecular weight excluding hydrogens is 246 g/mol. The number of hydrazone groups is 1. The maximum Gasteiger partial charge on any atom is 0.191 e. The maximum atomic E-state index is 5.36. The fourth-order valence-electron chi connectivity index (χ4n) is 1.19. The van der Waals surface area contributed by atoms with Crippen LogP contribution in [0, 0.1) is 0 Å². The van der Waals surface area contributed by atoms with Crippen molar-refractivity contribution in [2.45, 2.75) is 27.2 Å². The molecule has 1 rings (SSSR count). The van der Waals surface area contributed by atoms with Gasteiger partial charge in [-0.1, -0.05) is 6.92 Å². The minimum Gasteiger partial charge on any atom is -0.494 e. The number of anilines is 1. The highest BCUT2D eigenvalue weighted by Gasteiger charge is 1.97. The average molecular weight is 265 g/mol.